The molecule has 4 heteroatoms. The van der Waals surface area contributed by atoms with Crippen LogP contribution in [-0.2, 0) is 4.57 Å². The lowest BCUT2D eigenvalue weighted by molar-refractivity contribution is 0.467. The van der Waals surface area contributed by atoms with Gasteiger partial charge in [-0.05, 0) is 17.2 Å². The molecule has 0 amide bonds. The molecule has 0 spiro atoms. The maximum absolute atomic E-state index is 11.5. The Morgan fingerprint density at radius 3 is 1.86 bits per heavy atom. The van der Waals surface area contributed by atoms with Crippen LogP contribution in [0.25, 0.3) is 22.3 Å². The van der Waals surface area contributed by atoms with Crippen LogP contribution < -0.4 is 5.30 Å². The van der Waals surface area contributed by atoms with Crippen LogP contribution in [0, 0.1) is 0 Å². The Kier molecular flexibility index (Phi) is 3.90. The summed E-state index contributed by atoms with van der Waals surface area (Å²) in [7, 11) is -0.856. The largest absolute Gasteiger partial charge is 0.506 e. The van der Waals surface area contributed by atoms with Crippen molar-refractivity contribution in [3.8, 4) is 33.8 Å². The Morgan fingerprint density at radius 1 is 0.773 bits per heavy atom. The number of phenols is 2. The smallest absolute Gasteiger partial charge is 0.367 e. The molecule has 3 nitrogen and oxygen atoms in total. The second-order valence-electron chi connectivity index (χ2n) is 4.88. The van der Waals surface area contributed by atoms with Crippen LogP contribution >= 0.6 is 8.46 Å². The number of benzene rings is 3. The van der Waals surface area contributed by atoms with E-state index in [9.17, 15) is 14.8 Å². The van der Waals surface area contributed by atoms with Gasteiger partial charge >= 0.3 is 8.46 Å². The van der Waals surface area contributed by atoms with Gasteiger partial charge in [-0.3, -0.25) is 0 Å². The van der Waals surface area contributed by atoms with Crippen molar-refractivity contribution in [2.75, 3.05) is 0 Å². The molecule has 3 aromatic rings. The van der Waals surface area contributed by atoms with Crippen molar-refractivity contribution in [2.45, 2.75) is 0 Å². The molecule has 0 heterocycles. The number of rotatable bonds is 3. The molecule has 0 aliphatic heterocycles. The highest BCUT2D eigenvalue weighted by Gasteiger charge is 2.24. The predicted octanol–water partition coefficient (Wildman–Crippen LogP) is 4.08. The number of hydrogen-bond donors (Lipinski definition) is 2. The SMILES string of the molecule is O=[PH+]c1c(O)cc(-c2ccccc2)c(O)c1-c1ccccc1. The third-order valence-corrected chi connectivity index (χ3v) is 4.24. The molecule has 0 aliphatic rings. The highest BCUT2D eigenvalue weighted by Crippen LogP contribution is 2.41. The van der Waals surface area contributed by atoms with Crippen LogP contribution in [0.15, 0.2) is 66.7 Å². The number of hydrogen-bond acceptors (Lipinski definition) is 3. The monoisotopic (exact) mass is 309 g/mol. The normalized spacial score (nSPS) is 10.7. The van der Waals surface area contributed by atoms with E-state index in [4.69, 9.17) is 0 Å². The van der Waals surface area contributed by atoms with Crippen molar-refractivity contribution in [2.24, 2.45) is 0 Å². The van der Waals surface area contributed by atoms with Crippen LogP contribution in [0.5, 0.6) is 11.5 Å². The molecule has 3 rings (SSSR count). The summed E-state index contributed by atoms with van der Waals surface area (Å²) in [5.74, 6) is -0.0580. The molecule has 0 fully saturated rings. The highest BCUT2D eigenvalue weighted by atomic mass is 31.1. The fourth-order valence-electron chi connectivity index (χ4n) is 2.49. The second-order valence-corrected chi connectivity index (χ2v) is 5.58. The first-order valence-corrected chi connectivity index (χ1v) is 7.71. The molecular formula is C18H14O3P+. The first-order chi connectivity index (χ1) is 10.7. The minimum atomic E-state index is -0.856. The lowest BCUT2D eigenvalue weighted by Gasteiger charge is -2.11. The molecule has 3 aromatic carbocycles. The van der Waals surface area contributed by atoms with E-state index >= 15 is 0 Å². The van der Waals surface area contributed by atoms with Crippen LogP contribution in [0.1, 0.15) is 0 Å². The summed E-state index contributed by atoms with van der Waals surface area (Å²) in [5.41, 5.74) is 2.42. The lowest BCUT2D eigenvalue weighted by Crippen LogP contribution is -2.01. The summed E-state index contributed by atoms with van der Waals surface area (Å²) >= 11 is 0. The molecule has 1 atom stereocenters. The predicted molar refractivity (Wildman–Crippen MR) is 89.3 cm³/mol. The summed E-state index contributed by atoms with van der Waals surface area (Å²) in [4.78, 5) is 0. The summed E-state index contributed by atoms with van der Waals surface area (Å²) in [5, 5.41) is 21.1. The van der Waals surface area contributed by atoms with Crippen molar-refractivity contribution in [1.29, 1.82) is 0 Å². The van der Waals surface area contributed by atoms with E-state index < -0.39 is 8.46 Å². The fraction of sp³-hybridized carbons (Fsp3) is 0. The Balaban J connectivity index is 2.33. The number of phenolic OH excluding ortho intramolecular Hbond substituents is 2. The second kappa shape index (κ2) is 6.00. The number of aromatic hydroxyl groups is 2. The Morgan fingerprint density at radius 2 is 1.32 bits per heavy atom. The molecule has 0 saturated carbocycles. The van der Waals surface area contributed by atoms with E-state index in [-0.39, 0.29) is 16.8 Å². The average Bonchev–Trinajstić information content (AvgIpc) is 2.57. The van der Waals surface area contributed by atoms with E-state index in [0.717, 1.165) is 5.56 Å². The molecule has 0 saturated heterocycles. The Bertz CT molecular complexity index is 815. The molecule has 108 valence electrons. The lowest BCUT2D eigenvalue weighted by atomic mass is 9.96. The van der Waals surface area contributed by atoms with Crippen LogP contribution in [-0.4, -0.2) is 10.2 Å². The Hall–Kier alpha value is -2.64. The molecular weight excluding hydrogens is 295 g/mol. The summed E-state index contributed by atoms with van der Waals surface area (Å²) in [6, 6.07) is 19.9. The van der Waals surface area contributed by atoms with Gasteiger partial charge in [0.1, 0.15) is 5.75 Å². The molecule has 22 heavy (non-hydrogen) atoms. The highest BCUT2D eigenvalue weighted by molar-refractivity contribution is 7.35. The third kappa shape index (κ3) is 2.47. The first kappa shape index (κ1) is 14.3. The van der Waals surface area contributed by atoms with Crippen LogP contribution in [0.4, 0.5) is 0 Å². The van der Waals surface area contributed by atoms with E-state index in [2.05, 4.69) is 0 Å². The van der Waals surface area contributed by atoms with Gasteiger partial charge in [-0.1, -0.05) is 65.2 Å². The molecule has 2 N–H and O–H groups in total. The maximum Gasteiger partial charge on any atom is 0.367 e. The van der Waals surface area contributed by atoms with Crippen molar-refractivity contribution in [3.05, 3.63) is 66.7 Å². The van der Waals surface area contributed by atoms with Gasteiger partial charge in [0, 0.05) is 5.56 Å². The fourth-order valence-corrected chi connectivity index (χ4v) is 3.03. The maximum atomic E-state index is 11.5. The van der Waals surface area contributed by atoms with Crippen molar-refractivity contribution >= 4 is 13.8 Å². The van der Waals surface area contributed by atoms with E-state index in [1.165, 1.54) is 6.07 Å². The van der Waals surface area contributed by atoms with Gasteiger partial charge in [0.15, 0.2) is 5.75 Å². The van der Waals surface area contributed by atoms with Gasteiger partial charge in [-0.25, -0.2) is 0 Å². The third-order valence-electron chi connectivity index (χ3n) is 3.53. The van der Waals surface area contributed by atoms with E-state index in [1.54, 1.807) is 0 Å². The molecule has 0 aliphatic carbocycles. The van der Waals surface area contributed by atoms with Gasteiger partial charge in [0.25, 0.3) is 0 Å². The average molecular weight is 309 g/mol. The minimum absolute atomic E-state index is 0.0218. The quantitative estimate of drug-likeness (QED) is 0.566. The minimum Gasteiger partial charge on any atom is -0.506 e. The molecule has 1 unspecified atom stereocenters. The first-order valence-electron chi connectivity index (χ1n) is 6.80. The van der Waals surface area contributed by atoms with Gasteiger partial charge in [-0.2, -0.15) is 0 Å². The van der Waals surface area contributed by atoms with Gasteiger partial charge in [0.2, 0.25) is 5.30 Å². The van der Waals surface area contributed by atoms with Gasteiger partial charge in [-0.15, -0.1) is 0 Å². The zero-order valence-corrected chi connectivity index (χ0v) is 12.7. The van der Waals surface area contributed by atoms with Gasteiger partial charge < -0.3 is 10.2 Å². The summed E-state index contributed by atoms with van der Waals surface area (Å²) in [6.45, 7) is 0. The standard InChI is InChI=1S/C18H13O3P/c19-15-11-14(12-7-3-1-4-8-12)17(20)16(18(15)22-21)13-9-5-2-6-10-13/h1-11,19-20H/p+1. The van der Waals surface area contributed by atoms with Crippen LogP contribution in [0.3, 0.4) is 0 Å². The molecule has 0 aromatic heterocycles. The van der Waals surface area contributed by atoms with E-state index in [1.807, 2.05) is 60.7 Å². The molecule has 0 bridgehead atoms. The Labute approximate surface area is 129 Å². The molecule has 0 radical (unpaired) electrons. The zero-order valence-electron chi connectivity index (χ0n) is 11.7. The summed E-state index contributed by atoms with van der Waals surface area (Å²) < 4.78 is 11.5. The van der Waals surface area contributed by atoms with Crippen molar-refractivity contribution in [3.63, 3.8) is 0 Å². The van der Waals surface area contributed by atoms with Crippen LogP contribution in [0.2, 0.25) is 0 Å². The van der Waals surface area contributed by atoms with E-state index in [0.29, 0.717) is 16.7 Å². The van der Waals surface area contributed by atoms with Crippen molar-refractivity contribution in [1.82, 2.24) is 0 Å². The topological polar surface area (TPSA) is 57.5 Å². The summed E-state index contributed by atoms with van der Waals surface area (Å²) in [6.07, 6.45) is 0. The zero-order chi connectivity index (χ0) is 15.5. The van der Waals surface area contributed by atoms with Gasteiger partial charge in [0.05, 0.1) is 5.56 Å². The van der Waals surface area contributed by atoms with Crippen molar-refractivity contribution < 1.29 is 14.8 Å².